The molecule has 0 saturated carbocycles. The first-order valence-electron chi connectivity index (χ1n) is 7.86. The van der Waals surface area contributed by atoms with E-state index in [2.05, 4.69) is 0 Å². The number of allylic oxidation sites excluding steroid dienone is 1. The van der Waals surface area contributed by atoms with Crippen LogP contribution in [0.3, 0.4) is 0 Å². The van der Waals surface area contributed by atoms with E-state index in [4.69, 9.17) is 4.74 Å². The van der Waals surface area contributed by atoms with E-state index in [1.807, 2.05) is 24.3 Å². The molecule has 0 aromatic heterocycles. The van der Waals surface area contributed by atoms with E-state index >= 15 is 0 Å². The summed E-state index contributed by atoms with van der Waals surface area (Å²) in [6, 6.07) is 15.8. The Morgan fingerprint density at radius 3 is 2.29 bits per heavy atom. The lowest BCUT2D eigenvalue weighted by Gasteiger charge is -2.25. The van der Waals surface area contributed by atoms with E-state index in [1.165, 1.54) is 0 Å². The smallest absolute Gasteiger partial charge is 0.205 e. The molecule has 0 aliphatic heterocycles. The van der Waals surface area contributed by atoms with Crippen LogP contribution in [0.4, 0.5) is 0 Å². The predicted molar refractivity (Wildman–Crippen MR) is 92.7 cm³/mol. The maximum atomic E-state index is 12.8. The third-order valence-electron chi connectivity index (χ3n) is 4.35. The fourth-order valence-corrected chi connectivity index (χ4v) is 4.60. The Balaban J connectivity index is 1.98. The van der Waals surface area contributed by atoms with Crippen LogP contribution >= 0.6 is 0 Å². The highest BCUT2D eigenvalue weighted by atomic mass is 32.2. The first-order valence-corrected chi connectivity index (χ1v) is 9.34. The van der Waals surface area contributed by atoms with Crippen molar-refractivity contribution < 1.29 is 18.3 Å². The lowest BCUT2D eigenvalue weighted by atomic mass is 9.88. The van der Waals surface area contributed by atoms with E-state index in [9.17, 15) is 13.5 Å². The molecule has 0 saturated heterocycles. The number of rotatable bonds is 4. The molecule has 2 atom stereocenters. The molecule has 0 amide bonds. The lowest BCUT2D eigenvalue weighted by Crippen LogP contribution is -2.24. The van der Waals surface area contributed by atoms with Crippen molar-refractivity contribution in [2.45, 2.75) is 29.8 Å². The summed E-state index contributed by atoms with van der Waals surface area (Å²) in [5.74, 6) is 0.725. The Bertz CT molecular complexity index is 823. The molecule has 4 nitrogen and oxygen atoms in total. The van der Waals surface area contributed by atoms with Gasteiger partial charge < -0.3 is 9.84 Å². The third-order valence-corrected chi connectivity index (χ3v) is 6.27. The van der Waals surface area contributed by atoms with Gasteiger partial charge in [-0.25, -0.2) is 8.42 Å². The van der Waals surface area contributed by atoms with E-state index in [0.29, 0.717) is 12.8 Å². The minimum absolute atomic E-state index is 0.0345. The zero-order valence-electron chi connectivity index (χ0n) is 13.4. The minimum Gasteiger partial charge on any atom is -0.497 e. The van der Waals surface area contributed by atoms with Gasteiger partial charge in [-0.3, -0.25) is 0 Å². The highest BCUT2D eigenvalue weighted by Gasteiger charge is 2.31. The number of aliphatic hydroxyl groups is 1. The lowest BCUT2D eigenvalue weighted by molar-refractivity contribution is 0.195. The first kappa shape index (κ1) is 16.7. The Morgan fingerprint density at radius 1 is 1.00 bits per heavy atom. The topological polar surface area (TPSA) is 63.6 Å². The van der Waals surface area contributed by atoms with E-state index in [0.717, 1.165) is 11.3 Å². The molecular weight excluding hydrogens is 324 g/mol. The Hall–Kier alpha value is -2.11. The van der Waals surface area contributed by atoms with Gasteiger partial charge >= 0.3 is 0 Å². The van der Waals surface area contributed by atoms with Gasteiger partial charge in [0, 0.05) is 5.92 Å². The molecule has 0 unspecified atom stereocenters. The van der Waals surface area contributed by atoms with Crippen molar-refractivity contribution in [1.82, 2.24) is 0 Å². The van der Waals surface area contributed by atoms with Gasteiger partial charge in [-0.15, -0.1) is 0 Å². The standard InChI is InChI=1S/C19H20O4S/c1-23-16-10-7-14(8-11-16)15-9-12-18(20)19(13-15)24(21,22)17-5-3-2-4-6-17/h2-8,10-11,13,15,18,20H,9,12H2,1H3/t15-,18-/m1/s1. The molecule has 0 radical (unpaired) electrons. The summed E-state index contributed by atoms with van der Waals surface area (Å²) in [5, 5.41) is 10.2. The summed E-state index contributed by atoms with van der Waals surface area (Å²) in [6.07, 6.45) is 1.87. The second kappa shape index (κ2) is 6.79. The van der Waals surface area contributed by atoms with Crippen molar-refractivity contribution in [3.63, 3.8) is 0 Å². The molecule has 0 spiro atoms. The fourth-order valence-electron chi connectivity index (χ4n) is 2.99. The molecule has 0 fully saturated rings. The zero-order valence-corrected chi connectivity index (χ0v) is 14.2. The van der Waals surface area contributed by atoms with Gasteiger partial charge in [0.15, 0.2) is 0 Å². The Kier molecular flexibility index (Phi) is 4.73. The quantitative estimate of drug-likeness (QED) is 0.924. The van der Waals surface area contributed by atoms with Crippen LogP contribution in [-0.2, 0) is 9.84 Å². The second-order valence-corrected chi connectivity index (χ2v) is 7.81. The first-order chi connectivity index (χ1) is 11.5. The summed E-state index contributed by atoms with van der Waals surface area (Å²) < 4.78 is 30.8. The molecule has 0 bridgehead atoms. The van der Waals surface area contributed by atoms with Gasteiger partial charge in [-0.05, 0) is 42.7 Å². The van der Waals surface area contributed by atoms with Crippen molar-refractivity contribution in [3.8, 4) is 5.75 Å². The molecule has 2 aromatic carbocycles. The van der Waals surface area contributed by atoms with Crippen LogP contribution in [0.1, 0.15) is 24.3 Å². The van der Waals surface area contributed by atoms with Crippen LogP contribution in [0.2, 0.25) is 0 Å². The van der Waals surface area contributed by atoms with Gasteiger partial charge in [-0.2, -0.15) is 0 Å². The molecule has 24 heavy (non-hydrogen) atoms. The van der Waals surface area contributed by atoms with Crippen molar-refractivity contribution >= 4 is 9.84 Å². The molecule has 1 N–H and O–H groups in total. The molecule has 126 valence electrons. The maximum Gasteiger partial charge on any atom is 0.205 e. The largest absolute Gasteiger partial charge is 0.497 e. The molecule has 3 rings (SSSR count). The van der Waals surface area contributed by atoms with E-state index in [1.54, 1.807) is 43.5 Å². The van der Waals surface area contributed by atoms with E-state index < -0.39 is 15.9 Å². The van der Waals surface area contributed by atoms with Crippen LogP contribution in [0, 0.1) is 0 Å². The van der Waals surface area contributed by atoms with Crippen molar-refractivity contribution in [1.29, 1.82) is 0 Å². The summed E-state index contributed by atoms with van der Waals surface area (Å²) in [7, 11) is -2.07. The number of hydrogen-bond donors (Lipinski definition) is 1. The SMILES string of the molecule is COc1ccc([C@H]2C=C(S(=O)(=O)c3ccccc3)[C@H](O)CC2)cc1. The molecule has 5 heteroatoms. The van der Waals surface area contributed by atoms with Crippen LogP contribution in [0.15, 0.2) is 70.5 Å². The molecule has 2 aromatic rings. The van der Waals surface area contributed by atoms with Crippen molar-refractivity contribution in [2.75, 3.05) is 7.11 Å². The average Bonchev–Trinajstić information content (AvgIpc) is 2.63. The Labute approximate surface area is 142 Å². The van der Waals surface area contributed by atoms with Gasteiger partial charge in [-0.1, -0.05) is 36.4 Å². The van der Waals surface area contributed by atoms with Gasteiger partial charge in [0.05, 0.1) is 23.0 Å². The number of benzene rings is 2. The monoisotopic (exact) mass is 344 g/mol. The van der Waals surface area contributed by atoms with Gasteiger partial charge in [0.2, 0.25) is 9.84 Å². The minimum atomic E-state index is -3.68. The number of methoxy groups -OCH3 is 1. The van der Waals surface area contributed by atoms with Gasteiger partial charge in [0.1, 0.15) is 5.75 Å². The Morgan fingerprint density at radius 2 is 1.67 bits per heavy atom. The molecule has 0 heterocycles. The van der Waals surface area contributed by atoms with E-state index in [-0.39, 0.29) is 15.7 Å². The summed E-state index contributed by atoms with van der Waals surface area (Å²) in [6.45, 7) is 0. The van der Waals surface area contributed by atoms with Crippen LogP contribution in [0.25, 0.3) is 0 Å². The third kappa shape index (κ3) is 3.23. The normalized spacial score (nSPS) is 21.2. The second-order valence-electron chi connectivity index (χ2n) is 5.86. The van der Waals surface area contributed by atoms with Crippen molar-refractivity contribution in [2.24, 2.45) is 0 Å². The van der Waals surface area contributed by atoms with Crippen molar-refractivity contribution in [3.05, 3.63) is 71.1 Å². The molecule has 1 aliphatic rings. The number of sulfone groups is 1. The van der Waals surface area contributed by atoms with Crippen LogP contribution in [-0.4, -0.2) is 26.7 Å². The molecular formula is C19H20O4S. The zero-order chi connectivity index (χ0) is 17.2. The van der Waals surface area contributed by atoms with Crippen LogP contribution in [0.5, 0.6) is 5.75 Å². The average molecular weight is 344 g/mol. The summed E-state index contributed by atoms with van der Waals surface area (Å²) in [5.41, 5.74) is 1.02. The maximum absolute atomic E-state index is 12.8. The highest BCUT2D eigenvalue weighted by Crippen LogP contribution is 2.36. The summed E-state index contributed by atoms with van der Waals surface area (Å²) >= 11 is 0. The highest BCUT2D eigenvalue weighted by molar-refractivity contribution is 7.95. The fraction of sp³-hybridized carbons (Fsp3) is 0.263. The van der Waals surface area contributed by atoms with Gasteiger partial charge in [0.25, 0.3) is 0 Å². The number of ether oxygens (including phenoxy) is 1. The number of hydrogen-bond acceptors (Lipinski definition) is 4. The number of aliphatic hydroxyl groups excluding tert-OH is 1. The predicted octanol–water partition coefficient (Wildman–Crippen LogP) is 3.29. The summed E-state index contributed by atoms with van der Waals surface area (Å²) in [4.78, 5) is 0.312. The van der Waals surface area contributed by atoms with Crippen LogP contribution < -0.4 is 4.74 Å². The molecule has 1 aliphatic carbocycles.